The van der Waals surface area contributed by atoms with Crippen LogP contribution in [0.1, 0.15) is 49.2 Å². The van der Waals surface area contributed by atoms with E-state index in [1.165, 1.54) is 15.4 Å². The Labute approximate surface area is 136 Å². The van der Waals surface area contributed by atoms with Gasteiger partial charge in [-0.1, -0.05) is 26.8 Å². The standard InChI is InChI=1S/C16H25N3S2/c1-11(12-8-7-9-20-12)19(6)15-18-14(16(2,3)4)13(21-15)10-17-5/h7-9,11,17H,10H2,1-6H3. The molecule has 0 aliphatic carbocycles. The van der Waals surface area contributed by atoms with Crippen LogP contribution in [0, 0.1) is 0 Å². The second kappa shape index (κ2) is 6.46. The van der Waals surface area contributed by atoms with Gasteiger partial charge in [-0.15, -0.1) is 22.7 Å². The highest BCUT2D eigenvalue weighted by atomic mass is 32.1. The number of rotatable bonds is 5. The Morgan fingerprint density at radius 2 is 2.10 bits per heavy atom. The molecule has 2 aromatic heterocycles. The number of aromatic nitrogens is 1. The molecule has 116 valence electrons. The number of hydrogen-bond donors (Lipinski definition) is 1. The van der Waals surface area contributed by atoms with Crippen LogP contribution in [-0.2, 0) is 12.0 Å². The van der Waals surface area contributed by atoms with Crippen LogP contribution in [0.15, 0.2) is 17.5 Å². The lowest BCUT2D eigenvalue weighted by molar-refractivity contribution is 0.562. The molecule has 0 saturated carbocycles. The summed E-state index contributed by atoms with van der Waals surface area (Å²) < 4.78 is 0. The maximum absolute atomic E-state index is 4.94. The molecule has 2 heterocycles. The first-order chi connectivity index (χ1) is 9.84. The van der Waals surface area contributed by atoms with E-state index in [-0.39, 0.29) is 5.41 Å². The van der Waals surface area contributed by atoms with Crippen molar-refractivity contribution in [3.8, 4) is 0 Å². The molecule has 0 aliphatic heterocycles. The molecule has 2 aromatic rings. The highest BCUT2D eigenvalue weighted by Gasteiger charge is 2.25. The third kappa shape index (κ3) is 3.65. The molecule has 0 aliphatic rings. The summed E-state index contributed by atoms with van der Waals surface area (Å²) in [6, 6.07) is 4.66. The summed E-state index contributed by atoms with van der Waals surface area (Å²) in [5.41, 5.74) is 1.29. The molecule has 5 heteroatoms. The van der Waals surface area contributed by atoms with E-state index >= 15 is 0 Å². The monoisotopic (exact) mass is 323 g/mol. The first-order valence-electron chi connectivity index (χ1n) is 7.25. The number of thiazole rings is 1. The minimum atomic E-state index is 0.0773. The van der Waals surface area contributed by atoms with E-state index in [4.69, 9.17) is 4.98 Å². The fourth-order valence-electron chi connectivity index (χ4n) is 2.24. The number of nitrogens with one attached hydrogen (secondary N) is 1. The molecule has 0 radical (unpaired) electrons. The van der Waals surface area contributed by atoms with Crippen molar-refractivity contribution in [2.45, 2.75) is 45.7 Å². The van der Waals surface area contributed by atoms with Crippen LogP contribution in [0.25, 0.3) is 0 Å². The Bertz CT molecular complexity index is 567. The highest BCUT2D eigenvalue weighted by molar-refractivity contribution is 7.15. The second-order valence-electron chi connectivity index (χ2n) is 6.35. The zero-order valence-corrected chi connectivity index (χ0v) is 15.4. The predicted octanol–water partition coefficient (Wildman–Crippen LogP) is 4.42. The molecular formula is C16H25N3S2. The average Bonchev–Trinajstić information content (AvgIpc) is 3.05. The Balaban J connectivity index is 2.31. The molecule has 0 bridgehead atoms. The van der Waals surface area contributed by atoms with E-state index in [1.54, 1.807) is 22.7 Å². The van der Waals surface area contributed by atoms with Crippen molar-refractivity contribution in [2.24, 2.45) is 0 Å². The molecule has 0 aromatic carbocycles. The number of thiophene rings is 1. The summed E-state index contributed by atoms with van der Waals surface area (Å²) in [7, 11) is 4.13. The minimum Gasteiger partial charge on any atom is -0.344 e. The van der Waals surface area contributed by atoms with E-state index in [0.717, 1.165) is 11.7 Å². The lowest BCUT2D eigenvalue weighted by Crippen LogP contribution is -2.21. The lowest BCUT2D eigenvalue weighted by Gasteiger charge is -2.23. The predicted molar refractivity (Wildman–Crippen MR) is 94.7 cm³/mol. The van der Waals surface area contributed by atoms with Gasteiger partial charge in [0.05, 0.1) is 11.7 Å². The summed E-state index contributed by atoms with van der Waals surface area (Å²) in [6.07, 6.45) is 0. The summed E-state index contributed by atoms with van der Waals surface area (Å²) in [5.74, 6) is 0. The van der Waals surface area contributed by atoms with Gasteiger partial charge in [-0.2, -0.15) is 0 Å². The Kier molecular flexibility index (Phi) is 5.07. The fraction of sp³-hybridized carbons (Fsp3) is 0.562. The van der Waals surface area contributed by atoms with Crippen LogP contribution in [0.5, 0.6) is 0 Å². The molecule has 0 spiro atoms. The first kappa shape index (κ1) is 16.5. The van der Waals surface area contributed by atoms with Crippen LogP contribution in [0.2, 0.25) is 0 Å². The number of anilines is 1. The topological polar surface area (TPSA) is 28.2 Å². The van der Waals surface area contributed by atoms with Gasteiger partial charge in [0.25, 0.3) is 0 Å². The third-order valence-corrected chi connectivity index (χ3v) is 5.76. The molecule has 0 fully saturated rings. The van der Waals surface area contributed by atoms with Gasteiger partial charge in [-0.25, -0.2) is 4.98 Å². The molecule has 0 saturated heterocycles. The smallest absolute Gasteiger partial charge is 0.186 e. The average molecular weight is 324 g/mol. The van der Waals surface area contributed by atoms with Crippen molar-refractivity contribution < 1.29 is 0 Å². The minimum absolute atomic E-state index is 0.0773. The van der Waals surface area contributed by atoms with Crippen molar-refractivity contribution >= 4 is 27.8 Å². The van der Waals surface area contributed by atoms with Crippen molar-refractivity contribution in [3.05, 3.63) is 33.0 Å². The van der Waals surface area contributed by atoms with E-state index in [1.807, 2.05) is 7.05 Å². The van der Waals surface area contributed by atoms with Crippen molar-refractivity contribution in [3.63, 3.8) is 0 Å². The van der Waals surface area contributed by atoms with E-state index in [0.29, 0.717) is 6.04 Å². The maximum Gasteiger partial charge on any atom is 0.186 e. The van der Waals surface area contributed by atoms with Crippen LogP contribution in [0.4, 0.5) is 5.13 Å². The Morgan fingerprint density at radius 1 is 1.38 bits per heavy atom. The van der Waals surface area contributed by atoms with Crippen LogP contribution >= 0.6 is 22.7 Å². The van der Waals surface area contributed by atoms with Crippen molar-refractivity contribution in [2.75, 3.05) is 19.0 Å². The summed E-state index contributed by atoms with van der Waals surface area (Å²) in [5, 5.41) is 6.50. The zero-order chi connectivity index (χ0) is 15.6. The van der Waals surface area contributed by atoms with Gasteiger partial charge in [0.2, 0.25) is 0 Å². The van der Waals surface area contributed by atoms with Crippen molar-refractivity contribution in [1.29, 1.82) is 0 Å². The van der Waals surface area contributed by atoms with Crippen molar-refractivity contribution in [1.82, 2.24) is 10.3 Å². The summed E-state index contributed by atoms with van der Waals surface area (Å²) in [4.78, 5) is 9.94. The fourth-order valence-corrected chi connectivity index (χ4v) is 4.39. The second-order valence-corrected chi connectivity index (χ2v) is 8.39. The molecule has 3 nitrogen and oxygen atoms in total. The molecular weight excluding hydrogens is 298 g/mol. The molecule has 21 heavy (non-hydrogen) atoms. The molecule has 1 atom stereocenters. The number of hydrogen-bond acceptors (Lipinski definition) is 5. The molecule has 1 unspecified atom stereocenters. The van der Waals surface area contributed by atoms with Gasteiger partial charge >= 0.3 is 0 Å². The van der Waals surface area contributed by atoms with Gasteiger partial charge in [0, 0.05) is 28.8 Å². The Hall–Kier alpha value is -0.910. The zero-order valence-electron chi connectivity index (χ0n) is 13.7. The highest BCUT2D eigenvalue weighted by Crippen LogP contribution is 2.36. The quantitative estimate of drug-likeness (QED) is 0.883. The lowest BCUT2D eigenvalue weighted by atomic mass is 9.91. The van der Waals surface area contributed by atoms with E-state index in [9.17, 15) is 0 Å². The van der Waals surface area contributed by atoms with E-state index in [2.05, 4.69) is 62.5 Å². The van der Waals surface area contributed by atoms with Gasteiger partial charge in [-0.05, 0) is 25.4 Å². The van der Waals surface area contributed by atoms with Gasteiger partial charge in [-0.3, -0.25) is 0 Å². The molecule has 1 N–H and O–H groups in total. The van der Waals surface area contributed by atoms with Gasteiger partial charge in [0.1, 0.15) is 0 Å². The third-order valence-electron chi connectivity index (χ3n) is 3.57. The van der Waals surface area contributed by atoms with E-state index < -0.39 is 0 Å². The van der Waals surface area contributed by atoms with Gasteiger partial charge < -0.3 is 10.2 Å². The van der Waals surface area contributed by atoms with Gasteiger partial charge in [0.15, 0.2) is 5.13 Å². The summed E-state index contributed by atoms with van der Waals surface area (Å²) in [6.45, 7) is 9.81. The number of nitrogens with zero attached hydrogens (tertiary/aromatic N) is 2. The summed E-state index contributed by atoms with van der Waals surface area (Å²) >= 11 is 3.61. The first-order valence-corrected chi connectivity index (χ1v) is 8.95. The van der Waals surface area contributed by atoms with Crippen LogP contribution in [0.3, 0.4) is 0 Å². The Morgan fingerprint density at radius 3 is 2.62 bits per heavy atom. The normalized spacial score (nSPS) is 13.4. The van der Waals surface area contributed by atoms with Crippen LogP contribution in [-0.4, -0.2) is 19.1 Å². The SMILES string of the molecule is CNCc1sc(N(C)C(C)c2cccs2)nc1C(C)(C)C. The molecule has 2 rings (SSSR count). The maximum atomic E-state index is 4.94. The molecule has 0 amide bonds. The largest absolute Gasteiger partial charge is 0.344 e. The van der Waals surface area contributed by atoms with Crippen LogP contribution < -0.4 is 10.2 Å².